The third-order valence-electron chi connectivity index (χ3n) is 13.9. The summed E-state index contributed by atoms with van der Waals surface area (Å²) in [5.74, 6) is -1.44. The summed E-state index contributed by atoms with van der Waals surface area (Å²) in [4.78, 5) is 0. The predicted molar refractivity (Wildman–Crippen MR) is 274 cm³/mol. The standard InChI is InChI=1S/C61H35F2N5/c62-39-29-37(30-40(63)32-39)51-35-61(68-57-24-12-6-18-48(57)50-28-26-42(34-59(50)68)66-54-21-9-3-15-45(54)46-16-4-10-22-55(46)66)60(31-38(51)36-64)67-56-23-11-5-17-47(56)49-27-25-41(33-58(49)67)65-52-19-7-1-13-43(52)44-14-2-8-20-53(44)65/h1-35H. The van der Waals surface area contributed by atoms with Crippen LogP contribution in [0.1, 0.15) is 5.56 Å². The summed E-state index contributed by atoms with van der Waals surface area (Å²) in [6.45, 7) is 0. The van der Waals surface area contributed by atoms with Crippen molar-refractivity contribution in [3.05, 3.63) is 230 Å². The zero-order valence-electron chi connectivity index (χ0n) is 36.2. The maximum Gasteiger partial charge on any atom is 0.126 e. The summed E-state index contributed by atoms with van der Waals surface area (Å²) in [5, 5.41) is 19.9. The lowest BCUT2D eigenvalue weighted by Gasteiger charge is -2.20. The van der Waals surface area contributed by atoms with Gasteiger partial charge in [0, 0.05) is 66.1 Å². The van der Waals surface area contributed by atoms with Crippen LogP contribution < -0.4 is 0 Å². The molecule has 0 aliphatic rings. The van der Waals surface area contributed by atoms with E-state index in [9.17, 15) is 5.26 Å². The van der Waals surface area contributed by atoms with Gasteiger partial charge in [0.25, 0.3) is 0 Å². The predicted octanol–water partition coefficient (Wildman–Crippen LogP) is 15.9. The molecule has 0 N–H and O–H groups in total. The second-order valence-corrected chi connectivity index (χ2v) is 17.5. The molecule has 0 aliphatic carbocycles. The van der Waals surface area contributed by atoms with Crippen molar-refractivity contribution in [3.63, 3.8) is 0 Å². The molecule has 0 unspecified atom stereocenters. The summed E-state index contributed by atoms with van der Waals surface area (Å²) < 4.78 is 39.6. The van der Waals surface area contributed by atoms with Crippen molar-refractivity contribution in [1.29, 1.82) is 5.26 Å². The Labute approximate surface area is 387 Å². The highest BCUT2D eigenvalue weighted by molar-refractivity contribution is 6.14. The van der Waals surface area contributed by atoms with Crippen molar-refractivity contribution in [2.45, 2.75) is 0 Å². The van der Waals surface area contributed by atoms with Crippen LogP contribution in [0.15, 0.2) is 212 Å². The second-order valence-electron chi connectivity index (χ2n) is 17.5. The highest BCUT2D eigenvalue weighted by Crippen LogP contribution is 2.43. The summed E-state index contributed by atoms with van der Waals surface area (Å²) in [7, 11) is 0. The Morgan fingerprint density at radius 1 is 0.309 bits per heavy atom. The van der Waals surface area contributed by atoms with Gasteiger partial charge in [-0.2, -0.15) is 5.26 Å². The fourth-order valence-electron chi connectivity index (χ4n) is 11.1. The molecule has 318 valence electrons. The van der Waals surface area contributed by atoms with E-state index in [2.05, 4.69) is 194 Å². The number of hydrogen-bond acceptors (Lipinski definition) is 1. The Morgan fingerprint density at radius 3 is 1.00 bits per heavy atom. The monoisotopic (exact) mass is 875 g/mol. The second kappa shape index (κ2) is 14.4. The van der Waals surface area contributed by atoms with Gasteiger partial charge in [0.15, 0.2) is 0 Å². The Balaban J connectivity index is 1.12. The highest BCUT2D eigenvalue weighted by atomic mass is 19.1. The molecule has 0 radical (unpaired) electrons. The van der Waals surface area contributed by atoms with E-state index in [0.29, 0.717) is 5.56 Å². The van der Waals surface area contributed by atoms with Crippen LogP contribution in [0, 0.1) is 23.0 Å². The molecule has 7 heteroatoms. The third-order valence-corrected chi connectivity index (χ3v) is 13.9. The first-order valence-electron chi connectivity index (χ1n) is 22.6. The molecule has 0 fully saturated rings. The summed E-state index contributed by atoms with van der Waals surface area (Å²) in [6.07, 6.45) is 0. The minimum absolute atomic E-state index is 0.273. The van der Waals surface area contributed by atoms with Gasteiger partial charge >= 0.3 is 0 Å². The molecule has 4 aromatic heterocycles. The van der Waals surface area contributed by atoms with Gasteiger partial charge in [-0.25, -0.2) is 8.78 Å². The Bertz CT molecular complexity index is 4370. The van der Waals surface area contributed by atoms with Gasteiger partial charge in [-0.3, -0.25) is 0 Å². The first-order chi connectivity index (χ1) is 33.5. The van der Waals surface area contributed by atoms with Crippen LogP contribution in [0.5, 0.6) is 0 Å². The van der Waals surface area contributed by atoms with Crippen molar-refractivity contribution in [2.75, 3.05) is 0 Å². The molecular formula is C61H35F2N5. The number of halogens is 2. The third kappa shape index (κ3) is 5.40. The van der Waals surface area contributed by atoms with Gasteiger partial charge in [0.05, 0.1) is 67.1 Å². The molecular weight excluding hydrogens is 841 g/mol. The molecule has 4 heterocycles. The number of para-hydroxylation sites is 6. The normalized spacial score (nSPS) is 12.0. The van der Waals surface area contributed by atoms with Gasteiger partial charge in [0.2, 0.25) is 0 Å². The van der Waals surface area contributed by atoms with E-state index in [-0.39, 0.29) is 11.1 Å². The Morgan fingerprint density at radius 2 is 0.632 bits per heavy atom. The van der Waals surface area contributed by atoms with Gasteiger partial charge in [0.1, 0.15) is 11.6 Å². The van der Waals surface area contributed by atoms with Gasteiger partial charge in [-0.05, 0) is 90.5 Å². The molecule has 14 aromatic rings. The number of nitrogens with zero attached hydrogens (tertiary/aromatic N) is 5. The van der Waals surface area contributed by atoms with Crippen LogP contribution in [0.4, 0.5) is 8.78 Å². The van der Waals surface area contributed by atoms with Crippen molar-refractivity contribution in [3.8, 4) is 39.9 Å². The lowest BCUT2D eigenvalue weighted by molar-refractivity contribution is 0.584. The quantitative estimate of drug-likeness (QED) is 0.170. The van der Waals surface area contributed by atoms with E-state index in [1.54, 1.807) is 0 Å². The molecule has 0 aliphatic heterocycles. The van der Waals surface area contributed by atoms with E-state index in [1.165, 1.54) is 22.9 Å². The smallest absolute Gasteiger partial charge is 0.126 e. The van der Waals surface area contributed by atoms with E-state index >= 15 is 8.78 Å². The topological polar surface area (TPSA) is 43.5 Å². The first-order valence-corrected chi connectivity index (χ1v) is 22.6. The number of aromatic nitrogens is 4. The molecule has 0 bridgehead atoms. The van der Waals surface area contributed by atoms with Crippen LogP contribution in [0.25, 0.3) is 121 Å². The van der Waals surface area contributed by atoms with E-state index in [4.69, 9.17) is 0 Å². The minimum atomic E-state index is -0.720. The molecule has 68 heavy (non-hydrogen) atoms. The molecule has 0 saturated carbocycles. The van der Waals surface area contributed by atoms with Crippen LogP contribution in [-0.2, 0) is 0 Å². The van der Waals surface area contributed by atoms with Crippen LogP contribution in [0.3, 0.4) is 0 Å². The fraction of sp³-hybridized carbons (Fsp3) is 0. The maximum absolute atomic E-state index is 15.2. The van der Waals surface area contributed by atoms with Crippen molar-refractivity contribution in [2.24, 2.45) is 0 Å². The SMILES string of the molecule is N#Cc1cc(-n2c3ccccc3c3ccc(-n4c5ccccc5c5ccccc54)cc32)c(-n2c3ccccc3c3ccc(-n4c5ccccc5c5ccccc54)cc32)cc1-c1cc(F)cc(F)c1. The first kappa shape index (κ1) is 38.1. The average Bonchev–Trinajstić information content (AvgIpc) is 4.10. The highest BCUT2D eigenvalue weighted by Gasteiger charge is 2.24. The molecule has 10 aromatic carbocycles. The lowest BCUT2D eigenvalue weighted by Crippen LogP contribution is -2.06. The fourth-order valence-corrected chi connectivity index (χ4v) is 11.1. The van der Waals surface area contributed by atoms with Crippen LogP contribution >= 0.6 is 0 Å². The lowest BCUT2D eigenvalue weighted by atomic mass is 9.97. The number of fused-ring (bicyclic) bond motifs is 12. The molecule has 0 atom stereocenters. The van der Waals surface area contributed by atoms with Gasteiger partial charge < -0.3 is 18.3 Å². The average molecular weight is 876 g/mol. The molecule has 0 amide bonds. The van der Waals surface area contributed by atoms with E-state index < -0.39 is 11.6 Å². The van der Waals surface area contributed by atoms with Gasteiger partial charge in [-0.15, -0.1) is 0 Å². The number of rotatable bonds is 5. The molecule has 14 rings (SSSR count). The zero-order chi connectivity index (χ0) is 45.2. The van der Waals surface area contributed by atoms with Crippen LogP contribution in [-0.4, -0.2) is 18.3 Å². The van der Waals surface area contributed by atoms with Crippen LogP contribution in [0.2, 0.25) is 0 Å². The summed E-state index contributed by atoms with van der Waals surface area (Å²) >= 11 is 0. The molecule has 0 spiro atoms. The Kier molecular flexibility index (Phi) is 8.05. The largest absolute Gasteiger partial charge is 0.309 e. The maximum atomic E-state index is 15.2. The number of nitriles is 1. The molecule has 0 saturated heterocycles. The van der Waals surface area contributed by atoms with E-state index in [1.807, 2.05) is 24.3 Å². The molecule has 5 nitrogen and oxygen atoms in total. The van der Waals surface area contributed by atoms with Crippen molar-refractivity contribution >= 4 is 87.2 Å². The van der Waals surface area contributed by atoms with Gasteiger partial charge in [-0.1, -0.05) is 121 Å². The minimum Gasteiger partial charge on any atom is -0.309 e. The van der Waals surface area contributed by atoms with E-state index in [0.717, 1.165) is 105 Å². The zero-order valence-corrected chi connectivity index (χ0v) is 36.2. The summed E-state index contributed by atoms with van der Waals surface area (Å²) in [6, 6.07) is 73.6. The summed E-state index contributed by atoms with van der Waals surface area (Å²) in [5.41, 5.74) is 12.5. The Hall–Kier alpha value is -9.25. The van der Waals surface area contributed by atoms with Crippen molar-refractivity contribution in [1.82, 2.24) is 18.3 Å². The number of benzene rings is 10. The van der Waals surface area contributed by atoms with Crippen molar-refractivity contribution < 1.29 is 8.78 Å². The number of hydrogen-bond donors (Lipinski definition) is 0.